The first-order valence-electron chi connectivity index (χ1n) is 7.46. The van der Waals surface area contributed by atoms with E-state index in [9.17, 15) is 4.79 Å². The molecule has 0 atom stereocenters. The van der Waals surface area contributed by atoms with E-state index >= 15 is 0 Å². The molecule has 128 valence electrons. The Bertz CT molecular complexity index is 925. The van der Waals surface area contributed by atoms with Gasteiger partial charge in [0.25, 0.3) is 0 Å². The van der Waals surface area contributed by atoms with Gasteiger partial charge in [0.15, 0.2) is 0 Å². The van der Waals surface area contributed by atoms with Gasteiger partial charge in [0.05, 0.1) is 21.4 Å². The lowest BCUT2D eigenvalue weighted by Crippen LogP contribution is -2.29. The molecule has 0 fully saturated rings. The molecule has 0 radical (unpaired) electrons. The van der Waals surface area contributed by atoms with Crippen molar-refractivity contribution in [1.82, 2.24) is 19.5 Å². The van der Waals surface area contributed by atoms with Crippen LogP contribution in [-0.4, -0.2) is 19.5 Å². The molecule has 0 amide bonds. The second kappa shape index (κ2) is 7.50. The largest absolute Gasteiger partial charge is 0.357 e. The lowest BCUT2D eigenvalue weighted by molar-refractivity contribution is 0.772. The molecule has 2 N–H and O–H groups in total. The Labute approximate surface area is 153 Å². The third kappa shape index (κ3) is 3.72. The second-order valence-corrected chi connectivity index (χ2v) is 5.81. The lowest BCUT2D eigenvalue weighted by Gasteiger charge is -2.15. The topological polar surface area (TPSA) is 84.7 Å². The fourth-order valence-electron chi connectivity index (χ4n) is 2.23. The molecule has 9 heteroatoms. The lowest BCUT2D eigenvalue weighted by atomic mass is 10.3. The van der Waals surface area contributed by atoms with Crippen molar-refractivity contribution in [2.24, 2.45) is 0 Å². The van der Waals surface area contributed by atoms with Crippen molar-refractivity contribution < 1.29 is 0 Å². The average molecular weight is 377 g/mol. The molecule has 0 saturated heterocycles. The van der Waals surface area contributed by atoms with Crippen LogP contribution < -0.4 is 16.5 Å². The van der Waals surface area contributed by atoms with Crippen LogP contribution in [0.15, 0.2) is 47.5 Å². The van der Waals surface area contributed by atoms with Crippen LogP contribution in [0, 0.1) is 0 Å². The van der Waals surface area contributed by atoms with Gasteiger partial charge in [-0.3, -0.25) is 15.8 Å². The number of nitrogens with one attached hydrogen (secondary N) is 2. The third-order valence-electron chi connectivity index (χ3n) is 3.36. The monoisotopic (exact) mass is 376 g/mol. The predicted molar refractivity (Wildman–Crippen MR) is 98.5 cm³/mol. The Morgan fingerprint density at radius 1 is 1.04 bits per heavy atom. The number of aromatic nitrogens is 4. The molecule has 3 aromatic rings. The number of para-hydroxylation sites is 1. The number of halogens is 2. The van der Waals surface area contributed by atoms with E-state index in [2.05, 4.69) is 25.8 Å². The second-order valence-electron chi connectivity index (χ2n) is 4.99. The maximum atomic E-state index is 12.6. The number of hydrazine groups is 1. The molecule has 25 heavy (non-hydrogen) atoms. The van der Waals surface area contributed by atoms with Crippen molar-refractivity contribution in [2.45, 2.75) is 13.3 Å². The maximum Gasteiger partial charge on any atom is 0.357 e. The van der Waals surface area contributed by atoms with E-state index in [0.717, 1.165) is 5.69 Å². The van der Waals surface area contributed by atoms with Crippen molar-refractivity contribution in [3.05, 3.63) is 69.1 Å². The summed E-state index contributed by atoms with van der Waals surface area (Å²) in [4.78, 5) is 24.8. The van der Waals surface area contributed by atoms with Crippen LogP contribution in [0.5, 0.6) is 0 Å². The third-order valence-corrected chi connectivity index (χ3v) is 3.97. The molecule has 1 aromatic carbocycles. The highest BCUT2D eigenvalue weighted by molar-refractivity contribution is 6.37. The van der Waals surface area contributed by atoms with Crippen molar-refractivity contribution in [3.8, 4) is 5.69 Å². The van der Waals surface area contributed by atoms with Crippen LogP contribution in [0.1, 0.15) is 12.7 Å². The molecule has 2 heterocycles. The minimum absolute atomic E-state index is 0.151. The molecule has 0 aliphatic carbocycles. The van der Waals surface area contributed by atoms with Gasteiger partial charge in [0.2, 0.25) is 5.95 Å². The molecule has 0 saturated carbocycles. The molecule has 0 bridgehead atoms. The van der Waals surface area contributed by atoms with E-state index in [1.54, 1.807) is 42.7 Å². The Morgan fingerprint density at radius 3 is 2.36 bits per heavy atom. The standard InChI is InChI=1S/C16H14Cl2N6O/c1-2-13-20-15(23-22-10-6-8-19-9-7-10)21-16(25)24(13)14-11(17)4-3-5-12(14)18/h3-9H,2H2,1H3,(H,19,22)(H,21,23,25). The summed E-state index contributed by atoms with van der Waals surface area (Å²) in [6, 6.07) is 8.55. The van der Waals surface area contributed by atoms with Crippen molar-refractivity contribution in [3.63, 3.8) is 0 Å². The molecule has 3 rings (SSSR count). The number of rotatable bonds is 5. The summed E-state index contributed by atoms with van der Waals surface area (Å²) in [5.74, 6) is 0.632. The highest BCUT2D eigenvalue weighted by Gasteiger charge is 2.16. The number of benzene rings is 1. The molecule has 2 aromatic heterocycles. The van der Waals surface area contributed by atoms with Gasteiger partial charge in [0, 0.05) is 18.8 Å². The fourth-order valence-corrected chi connectivity index (χ4v) is 2.80. The first-order valence-corrected chi connectivity index (χ1v) is 8.22. The summed E-state index contributed by atoms with van der Waals surface area (Å²) in [6.45, 7) is 1.88. The van der Waals surface area contributed by atoms with Crippen molar-refractivity contribution >= 4 is 34.8 Å². The van der Waals surface area contributed by atoms with Crippen LogP contribution in [0.3, 0.4) is 0 Å². The van der Waals surface area contributed by atoms with Gasteiger partial charge in [-0.25, -0.2) is 9.36 Å². The summed E-state index contributed by atoms with van der Waals surface area (Å²) < 4.78 is 1.32. The van der Waals surface area contributed by atoms with Crippen molar-refractivity contribution in [2.75, 3.05) is 10.9 Å². The zero-order chi connectivity index (χ0) is 17.8. The molecular formula is C16H14Cl2N6O. The summed E-state index contributed by atoms with van der Waals surface area (Å²) in [7, 11) is 0. The maximum absolute atomic E-state index is 12.6. The number of anilines is 2. The van der Waals surface area contributed by atoms with Gasteiger partial charge < -0.3 is 0 Å². The zero-order valence-electron chi connectivity index (χ0n) is 13.2. The number of hydrogen-bond acceptors (Lipinski definition) is 6. The van der Waals surface area contributed by atoms with E-state index in [0.29, 0.717) is 28.0 Å². The van der Waals surface area contributed by atoms with Crippen LogP contribution in [-0.2, 0) is 6.42 Å². The van der Waals surface area contributed by atoms with Crippen molar-refractivity contribution in [1.29, 1.82) is 0 Å². The first-order chi connectivity index (χ1) is 12.1. The van der Waals surface area contributed by atoms with Crippen LogP contribution in [0.25, 0.3) is 5.69 Å². The van der Waals surface area contributed by atoms with Gasteiger partial charge in [0.1, 0.15) is 5.82 Å². The molecule has 0 unspecified atom stereocenters. The SMILES string of the molecule is CCc1nc(NNc2ccncc2)nc(=O)n1-c1c(Cl)cccc1Cl. The van der Waals surface area contributed by atoms with E-state index in [1.807, 2.05) is 6.92 Å². The minimum atomic E-state index is -0.527. The molecule has 0 aliphatic heterocycles. The quantitative estimate of drug-likeness (QED) is 0.664. The Morgan fingerprint density at radius 2 is 1.72 bits per heavy atom. The predicted octanol–water partition coefficient (Wildman–Crippen LogP) is 3.33. The van der Waals surface area contributed by atoms with E-state index in [-0.39, 0.29) is 5.95 Å². The van der Waals surface area contributed by atoms with E-state index in [1.165, 1.54) is 4.57 Å². The highest BCUT2D eigenvalue weighted by atomic mass is 35.5. The Kier molecular flexibility index (Phi) is 5.16. The Hall–Kier alpha value is -2.64. The minimum Gasteiger partial charge on any atom is -0.298 e. The fraction of sp³-hybridized carbons (Fsp3) is 0.125. The molecule has 0 spiro atoms. The molecular weight excluding hydrogens is 363 g/mol. The average Bonchev–Trinajstić information content (AvgIpc) is 2.62. The van der Waals surface area contributed by atoms with Crippen LogP contribution in [0.2, 0.25) is 10.0 Å². The zero-order valence-corrected chi connectivity index (χ0v) is 14.7. The highest BCUT2D eigenvalue weighted by Crippen LogP contribution is 2.28. The Balaban J connectivity index is 1.98. The molecule has 0 aliphatic rings. The molecule has 7 nitrogen and oxygen atoms in total. The normalized spacial score (nSPS) is 10.5. The first kappa shape index (κ1) is 17.2. The number of hydrogen-bond donors (Lipinski definition) is 2. The van der Waals surface area contributed by atoms with Crippen LogP contribution in [0.4, 0.5) is 11.6 Å². The number of aryl methyl sites for hydroxylation is 1. The number of pyridine rings is 1. The van der Waals surface area contributed by atoms with Crippen LogP contribution >= 0.6 is 23.2 Å². The summed E-state index contributed by atoms with van der Waals surface area (Å²) in [5, 5.41) is 0.701. The van der Waals surface area contributed by atoms with Gasteiger partial charge >= 0.3 is 5.69 Å². The van der Waals surface area contributed by atoms with E-state index < -0.39 is 5.69 Å². The summed E-state index contributed by atoms with van der Waals surface area (Å²) >= 11 is 12.4. The smallest absolute Gasteiger partial charge is 0.298 e. The summed E-state index contributed by atoms with van der Waals surface area (Å²) in [5.41, 5.74) is 6.32. The van der Waals surface area contributed by atoms with Gasteiger partial charge in [-0.15, -0.1) is 0 Å². The number of nitrogens with zero attached hydrogens (tertiary/aromatic N) is 4. The summed E-state index contributed by atoms with van der Waals surface area (Å²) in [6.07, 6.45) is 3.77. The van der Waals surface area contributed by atoms with Gasteiger partial charge in [-0.05, 0) is 24.3 Å². The van der Waals surface area contributed by atoms with Gasteiger partial charge in [-0.2, -0.15) is 9.97 Å². The van der Waals surface area contributed by atoms with Gasteiger partial charge in [-0.1, -0.05) is 36.2 Å². The van der Waals surface area contributed by atoms with E-state index in [4.69, 9.17) is 23.2 Å².